The summed E-state index contributed by atoms with van der Waals surface area (Å²) < 4.78 is 5.62. The molecule has 0 spiro atoms. The molecule has 0 heterocycles. The minimum atomic E-state index is -1.06. The summed E-state index contributed by atoms with van der Waals surface area (Å²) in [6.45, 7) is 5.99. The van der Waals surface area contributed by atoms with Gasteiger partial charge in [-0.1, -0.05) is 6.07 Å². The molecule has 0 bridgehead atoms. The summed E-state index contributed by atoms with van der Waals surface area (Å²) in [6, 6.07) is 12.5. The zero-order valence-corrected chi connectivity index (χ0v) is 16.1. The van der Waals surface area contributed by atoms with Gasteiger partial charge in [0.05, 0.1) is 23.9 Å². The van der Waals surface area contributed by atoms with Gasteiger partial charge < -0.3 is 20.1 Å². The second-order valence-electron chi connectivity index (χ2n) is 6.03. The summed E-state index contributed by atoms with van der Waals surface area (Å²) in [4.78, 5) is 25.4. The van der Waals surface area contributed by atoms with Crippen LogP contribution in [0.4, 0.5) is 11.4 Å². The Morgan fingerprint density at radius 1 is 1.21 bits per heavy atom. The zero-order chi connectivity index (χ0) is 20.7. The van der Waals surface area contributed by atoms with Crippen molar-refractivity contribution in [3.8, 4) is 11.8 Å². The summed E-state index contributed by atoms with van der Waals surface area (Å²) in [5.74, 6) is -0.705. The third-order valence-corrected chi connectivity index (χ3v) is 4.18. The first kappa shape index (κ1) is 20.8. The Morgan fingerprint density at radius 3 is 2.39 bits per heavy atom. The molecule has 28 heavy (non-hydrogen) atoms. The van der Waals surface area contributed by atoms with Gasteiger partial charge in [0.15, 0.2) is 6.04 Å². The smallest absolute Gasteiger partial charge is 0.330 e. The van der Waals surface area contributed by atoms with E-state index in [2.05, 4.69) is 5.32 Å². The maximum Gasteiger partial charge on any atom is 0.330 e. The number of nitriles is 1. The van der Waals surface area contributed by atoms with E-state index in [1.165, 1.54) is 11.8 Å². The van der Waals surface area contributed by atoms with Gasteiger partial charge in [-0.25, -0.2) is 4.79 Å². The molecule has 0 fully saturated rings. The van der Waals surface area contributed by atoms with E-state index in [4.69, 9.17) is 10.00 Å². The third-order valence-electron chi connectivity index (χ3n) is 4.18. The molecule has 2 aromatic carbocycles. The zero-order valence-electron chi connectivity index (χ0n) is 16.1. The van der Waals surface area contributed by atoms with Crippen LogP contribution in [0.2, 0.25) is 0 Å². The lowest BCUT2D eigenvalue weighted by atomic mass is 10.0. The minimum absolute atomic E-state index is 0.160. The molecule has 0 aromatic heterocycles. The van der Waals surface area contributed by atoms with Gasteiger partial charge in [-0.15, -0.1) is 0 Å². The van der Waals surface area contributed by atoms with Crippen LogP contribution in [0.15, 0.2) is 42.5 Å². The predicted molar refractivity (Wildman–Crippen MR) is 106 cm³/mol. The first-order valence-corrected chi connectivity index (χ1v) is 8.95. The molecule has 0 radical (unpaired) electrons. The van der Waals surface area contributed by atoms with Crippen molar-refractivity contribution >= 4 is 23.3 Å². The fourth-order valence-electron chi connectivity index (χ4n) is 2.86. The number of hydrogen-bond donors (Lipinski definition) is 2. The van der Waals surface area contributed by atoms with Crippen LogP contribution in [-0.2, 0) is 9.59 Å². The van der Waals surface area contributed by atoms with E-state index in [0.29, 0.717) is 41.4 Å². The van der Waals surface area contributed by atoms with E-state index in [1.807, 2.05) is 19.9 Å². The highest BCUT2D eigenvalue weighted by Crippen LogP contribution is 2.33. The van der Waals surface area contributed by atoms with Crippen molar-refractivity contribution in [3.05, 3.63) is 53.6 Å². The lowest BCUT2D eigenvalue weighted by Gasteiger charge is -2.24. The van der Waals surface area contributed by atoms with Crippen LogP contribution in [0.3, 0.4) is 0 Å². The lowest BCUT2D eigenvalue weighted by molar-refractivity contribution is -0.138. The summed E-state index contributed by atoms with van der Waals surface area (Å²) in [5, 5.41) is 21.6. The Bertz CT molecular complexity index is 888. The Kier molecular flexibility index (Phi) is 6.99. The number of carboxylic acids is 1. The number of carbonyl (C=O) groups is 2. The molecule has 1 amide bonds. The number of rotatable bonds is 8. The van der Waals surface area contributed by atoms with Crippen LogP contribution >= 0.6 is 0 Å². The first-order valence-electron chi connectivity index (χ1n) is 8.95. The standard InChI is InChI=1S/C21H23N3O4/c1-4-24(14(3)25)18-12-16(8-11-19(18)28-5-2)20(21(26)27)23-17-9-6-15(13-22)7-10-17/h6-12,20,23H,4-5H2,1-3H3,(H,26,27). The topological polar surface area (TPSA) is 103 Å². The monoisotopic (exact) mass is 381 g/mol. The highest BCUT2D eigenvalue weighted by atomic mass is 16.5. The molecule has 7 heteroatoms. The molecule has 0 aliphatic rings. The van der Waals surface area contributed by atoms with Gasteiger partial charge in [-0.2, -0.15) is 5.26 Å². The largest absolute Gasteiger partial charge is 0.492 e. The number of anilines is 2. The van der Waals surface area contributed by atoms with E-state index < -0.39 is 12.0 Å². The van der Waals surface area contributed by atoms with Crippen molar-refractivity contribution < 1.29 is 19.4 Å². The number of nitrogens with zero attached hydrogens (tertiary/aromatic N) is 2. The van der Waals surface area contributed by atoms with Crippen LogP contribution in [0, 0.1) is 11.3 Å². The highest BCUT2D eigenvalue weighted by molar-refractivity contribution is 5.93. The van der Waals surface area contributed by atoms with Crippen LogP contribution in [0.25, 0.3) is 0 Å². The molecule has 0 saturated carbocycles. The van der Waals surface area contributed by atoms with E-state index in [1.54, 1.807) is 42.5 Å². The average molecular weight is 381 g/mol. The first-order chi connectivity index (χ1) is 13.4. The molecule has 2 rings (SSSR count). The minimum Gasteiger partial charge on any atom is -0.492 e. The van der Waals surface area contributed by atoms with Crippen LogP contribution in [0.5, 0.6) is 5.75 Å². The number of carboxylic acid groups (broad SMARTS) is 1. The van der Waals surface area contributed by atoms with Crippen molar-refractivity contribution in [2.45, 2.75) is 26.8 Å². The molecule has 1 unspecified atom stereocenters. The van der Waals surface area contributed by atoms with E-state index in [-0.39, 0.29) is 5.91 Å². The molecule has 146 valence electrons. The van der Waals surface area contributed by atoms with Crippen LogP contribution in [-0.4, -0.2) is 30.1 Å². The second-order valence-corrected chi connectivity index (χ2v) is 6.03. The van der Waals surface area contributed by atoms with Gasteiger partial charge in [0.25, 0.3) is 0 Å². The Morgan fingerprint density at radius 2 is 1.89 bits per heavy atom. The van der Waals surface area contributed by atoms with Gasteiger partial charge in [0.1, 0.15) is 5.75 Å². The third kappa shape index (κ3) is 4.80. The van der Waals surface area contributed by atoms with Crippen molar-refractivity contribution in [2.75, 3.05) is 23.4 Å². The number of aliphatic carboxylic acids is 1. The van der Waals surface area contributed by atoms with Gasteiger partial charge in [-0.3, -0.25) is 4.79 Å². The Balaban J connectivity index is 2.44. The van der Waals surface area contributed by atoms with Crippen molar-refractivity contribution in [3.63, 3.8) is 0 Å². The van der Waals surface area contributed by atoms with E-state index in [0.717, 1.165) is 0 Å². The molecule has 7 nitrogen and oxygen atoms in total. The molecular formula is C21H23N3O4. The molecule has 2 N–H and O–H groups in total. The molecular weight excluding hydrogens is 358 g/mol. The van der Waals surface area contributed by atoms with Crippen LogP contribution in [0.1, 0.15) is 37.9 Å². The summed E-state index contributed by atoms with van der Waals surface area (Å²) in [7, 11) is 0. The number of ether oxygens (including phenoxy) is 1. The van der Waals surface area contributed by atoms with Gasteiger partial charge >= 0.3 is 5.97 Å². The second kappa shape index (κ2) is 9.42. The molecule has 0 aliphatic heterocycles. The summed E-state index contributed by atoms with van der Waals surface area (Å²) >= 11 is 0. The van der Waals surface area contributed by atoms with Crippen LogP contribution < -0.4 is 15.0 Å². The molecule has 1 atom stereocenters. The number of benzene rings is 2. The molecule has 0 saturated heterocycles. The highest BCUT2D eigenvalue weighted by Gasteiger charge is 2.23. The normalized spacial score (nSPS) is 11.2. The molecule has 2 aromatic rings. The molecule has 0 aliphatic carbocycles. The SMILES string of the molecule is CCOc1ccc(C(Nc2ccc(C#N)cc2)C(=O)O)cc1N(CC)C(C)=O. The van der Waals surface area contributed by atoms with E-state index in [9.17, 15) is 14.7 Å². The van der Waals surface area contributed by atoms with Crippen molar-refractivity contribution in [2.24, 2.45) is 0 Å². The number of nitrogens with one attached hydrogen (secondary N) is 1. The predicted octanol–water partition coefficient (Wildman–Crippen LogP) is 3.57. The average Bonchev–Trinajstić information content (AvgIpc) is 2.68. The van der Waals surface area contributed by atoms with Crippen molar-refractivity contribution in [1.29, 1.82) is 5.26 Å². The fraction of sp³-hybridized carbons (Fsp3) is 0.286. The summed E-state index contributed by atoms with van der Waals surface area (Å²) in [5.41, 5.74) is 2.07. The Labute approximate surface area is 164 Å². The number of amides is 1. The van der Waals surface area contributed by atoms with Crippen molar-refractivity contribution in [1.82, 2.24) is 0 Å². The maximum absolute atomic E-state index is 12.0. The van der Waals surface area contributed by atoms with Gasteiger partial charge in [0.2, 0.25) is 5.91 Å². The number of hydrogen-bond acceptors (Lipinski definition) is 5. The fourth-order valence-corrected chi connectivity index (χ4v) is 2.86. The van der Waals surface area contributed by atoms with Gasteiger partial charge in [0, 0.05) is 19.2 Å². The van der Waals surface area contributed by atoms with E-state index >= 15 is 0 Å². The quantitative estimate of drug-likeness (QED) is 0.725. The summed E-state index contributed by atoms with van der Waals surface area (Å²) in [6.07, 6.45) is 0. The Hall–Kier alpha value is -3.53. The van der Waals surface area contributed by atoms with Gasteiger partial charge in [-0.05, 0) is 55.8 Å². The number of carbonyl (C=O) groups excluding carboxylic acids is 1. The maximum atomic E-state index is 12.0. The lowest BCUT2D eigenvalue weighted by Crippen LogP contribution is -2.29.